The first-order valence-corrected chi connectivity index (χ1v) is 5.93. The summed E-state index contributed by atoms with van der Waals surface area (Å²) in [5.74, 6) is -1.64. The first kappa shape index (κ1) is 16.4. The Morgan fingerprint density at radius 2 is 1.56 bits per heavy atom. The van der Waals surface area contributed by atoms with Crippen LogP contribution in [0.5, 0.6) is 0 Å². The Hall–Kier alpha value is -1.56. The van der Waals surface area contributed by atoms with Crippen molar-refractivity contribution in [2.75, 3.05) is 13.1 Å². The fourth-order valence-corrected chi connectivity index (χ4v) is 1.24. The molecule has 102 valence electrons. The lowest BCUT2D eigenvalue weighted by molar-refractivity contribution is -0.140. The van der Waals surface area contributed by atoms with Gasteiger partial charge in [-0.05, 0) is 0 Å². The minimum absolute atomic E-state index is 0.0287. The van der Waals surface area contributed by atoms with E-state index in [0.29, 0.717) is 13.0 Å². The summed E-state index contributed by atoms with van der Waals surface area (Å²) in [6, 6.07) is 0. The number of aliphatic carboxylic acids is 1. The number of carboxylic acid groups (broad SMARTS) is 1. The van der Waals surface area contributed by atoms with Crippen molar-refractivity contribution < 1.29 is 24.3 Å². The van der Waals surface area contributed by atoms with Crippen LogP contribution in [0.4, 0.5) is 0 Å². The van der Waals surface area contributed by atoms with E-state index in [2.05, 4.69) is 5.32 Å². The topological polar surface area (TPSA) is 101 Å². The second-order valence-electron chi connectivity index (χ2n) is 3.97. The number of rotatable bonds is 11. The van der Waals surface area contributed by atoms with Crippen molar-refractivity contribution in [3.05, 3.63) is 0 Å². The van der Waals surface area contributed by atoms with E-state index in [0.717, 1.165) is 0 Å². The second-order valence-corrected chi connectivity index (χ2v) is 3.97. The van der Waals surface area contributed by atoms with Crippen LogP contribution in [0.2, 0.25) is 0 Å². The van der Waals surface area contributed by atoms with Crippen LogP contribution < -0.4 is 5.32 Å². The van der Waals surface area contributed by atoms with E-state index in [1.54, 1.807) is 6.92 Å². The Labute approximate surface area is 106 Å². The van der Waals surface area contributed by atoms with Gasteiger partial charge in [0.25, 0.3) is 0 Å². The summed E-state index contributed by atoms with van der Waals surface area (Å²) in [5.41, 5.74) is 0. The Morgan fingerprint density at radius 3 is 2.11 bits per heavy atom. The average molecular weight is 257 g/mol. The molecule has 0 bridgehead atoms. The van der Waals surface area contributed by atoms with Gasteiger partial charge in [0.1, 0.15) is 23.8 Å². The fourth-order valence-electron chi connectivity index (χ4n) is 1.24. The van der Waals surface area contributed by atoms with Gasteiger partial charge in [0.05, 0.1) is 6.54 Å². The highest BCUT2D eigenvalue weighted by Gasteiger charge is 2.10. The van der Waals surface area contributed by atoms with Crippen molar-refractivity contribution in [2.24, 2.45) is 0 Å². The highest BCUT2D eigenvalue weighted by Crippen LogP contribution is 1.99. The lowest BCUT2D eigenvalue weighted by Crippen LogP contribution is -2.25. The molecule has 6 nitrogen and oxygen atoms in total. The van der Waals surface area contributed by atoms with Crippen LogP contribution in [0.25, 0.3) is 0 Å². The van der Waals surface area contributed by atoms with Crippen molar-refractivity contribution in [3.8, 4) is 0 Å². The van der Waals surface area contributed by atoms with E-state index in [1.165, 1.54) is 0 Å². The number of nitrogens with one attached hydrogen (secondary N) is 1. The molecule has 6 heteroatoms. The van der Waals surface area contributed by atoms with Gasteiger partial charge in [-0.25, -0.2) is 0 Å². The third-order valence-corrected chi connectivity index (χ3v) is 2.33. The van der Waals surface area contributed by atoms with Crippen LogP contribution in [0.15, 0.2) is 0 Å². The van der Waals surface area contributed by atoms with Gasteiger partial charge < -0.3 is 10.4 Å². The summed E-state index contributed by atoms with van der Waals surface area (Å²) in [5, 5.41) is 11.2. The Kier molecular flexibility index (Phi) is 8.65. The minimum atomic E-state index is -1.17. The first-order chi connectivity index (χ1) is 8.45. The zero-order valence-electron chi connectivity index (χ0n) is 10.5. The van der Waals surface area contributed by atoms with Gasteiger partial charge in [-0.2, -0.15) is 0 Å². The zero-order valence-corrected chi connectivity index (χ0v) is 10.5. The van der Waals surface area contributed by atoms with Gasteiger partial charge in [0.2, 0.25) is 0 Å². The molecule has 18 heavy (non-hydrogen) atoms. The largest absolute Gasteiger partial charge is 0.481 e. The van der Waals surface area contributed by atoms with E-state index in [-0.39, 0.29) is 37.4 Å². The van der Waals surface area contributed by atoms with Crippen molar-refractivity contribution in [1.82, 2.24) is 5.32 Å². The van der Waals surface area contributed by atoms with Crippen LogP contribution in [0.3, 0.4) is 0 Å². The van der Waals surface area contributed by atoms with Crippen LogP contribution in [-0.2, 0) is 19.2 Å². The molecule has 0 fully saturated rings. The number of ketones is 3. The van der Waals surface area contributed by atoms with E-state index >= 15 is 0 Å². The number of Topliss-reactive ketones (excluding diaryl/α,β-unsaturated/α-hetero) is 3. The predicted octanol–water partition coefficient (Wildman–Crippen LogP) is 0.338. The van der Waals surface area contributed by atoms with E-state index in [9.17, 15) is 19.2 Å². The number of hydrogen-bond donors (Lipinski definition) is 2. The molecule has 0 heterocycles. The summed E-state index contributed by atoms with van der Waals surface area (Å²) in [6.45, 7) is 2.42. The van der Waals surface area contributed by atoms with Gasteiger partial charge >= 0.3 is 5.97 Å². The molecule has 0 aliphatic carbocycles. The molecule has 0 saturated carbocycles. The molecule has 2 N–H and O–H groups in total. The van der Waals surface area contributed by atoms with Crippen LogP contribution in [0.1, 0.15) is 39.0 Å². The number of carbonyl (C=O) groups excluding carboxylic acids is 3. The maximum Gasteiger partial charge on any atom is 0.310 e. The number of hydrogen-bond acceptors (Lipinski definition) is 5. The van der Waals surface area contributed by atoms with Crippen LogP contribution >= 0.6 is 0 Å². The van der Waals surface area contributed by atoms with Gasteiger partial charge in [-0.1, -0.05) is 6.92 Å². The maximum atomic E-state index is 11.3. The molecule has 0 aromatic carbocycles. The van der Waals surface area contributed by atoms with E-state index in [1.807, 2.05) is 0 Å². The SMILES string of the molecule is CCC(=O)CNCCC(=O)CCC(=O)CC(=O)O. The standard InChI is InChI=1S/C12H19NO5/c1-2-9(14)8-13-6-5-10(15)3-4-11(16)7-12(17)18/h13H,2-8H2,1H3,(H,17,18). The molecular formula is C12H19NO5. The Morgan fingerprint density at radius 1 is 0.944 bits per heavy atom. The molecule has 0 aliphatic rings. The predicted molar refractivity (Wildman–Crippen MR) is 64.3 cm³/mol. The number of carbonyl (C=O) groups is 4. The summed E-state index contributed by atoms with van der Waals surface area (Å²) >= 11 is 0. The molecular weight excluding hydrogens is 238 g/mol. The Bertz CT molecular complexity index is 324. The molecule has 0 amide bonds. The van der Waals surface area contributed by atoms with Gasteiger partial charge in [0.15, 0.2) is 0 Å². The zero-order chi connectivity index (χ0) is 14.0. The Balaban J connectivity index is 3.57. The summed E-state index contributed by atoms with van der Waals surface area (Å²) in [7, 11) is 0. The number of carboxylic acids is 1. The van der Waals surface area contributed by atoms with Crippen molar-refractivity contribution in [2.45, 2.75) is 39.0 Å². The molecule has 0 atom stereocenters. The van der Waals surface area contributed by atoms with Gasteiger partial charge in [-0.3, -0.25) is 19.2 Å². The third kappa shape index (κ3) is 9.65. The normalized spacial score (nSPS) is 10.1. The maximum absolute atomic E-state index is 11.3. The van der Waals surface area contributed by atoms with E-state index < -0.39 is 18.2 Å². The van der Waals surface area contributed by atoms with Crippen molar-refractivity contribution in [3.63, 3.8) is 0 Å². The fraction of sp³-hybridized carbons (Fsp3) is 0.667. The summed E-state index contributed by atoms with van der Waals surface area (Å²) < 4.78 is 0. The smallest absolute Gasteiger partial charge is 0.310 e. The molecule has 0 unspecified atom stereocenters. The highest BCUT2D eigenvalue weighted by molar-refractivity contribution is 5.96. The van der Waals surface area contributed by atoms with Gasteiger partial charge in [-0.15, -0.1) is 0 Å². The quantitative estimate of drug-likeness (QED) is 0.409. The van der Waals surface area contributed by atoms with E-state index in [4.69, 9.17) is 5.11 Å². The molecule has 0 aromatic rings. The van der Waals surface area contributed by atoms with Crippen LogP contribution in [0, 0.1) is 0 Å². The third-order valence-electron chi connectivity index (χ3n) is 2.33. The minimum Gasteiger partial charge on any atom is -0.481 e. The lowest BCUT2D eigenvalue weighted by Gasteiger charge is -2.02. The second kappa shape index (κ2) is 9.47. The molecule has 0 rings (SSSR count). The highest BCUT2D eigenvalue weighted by atomic mass is 16.4. The molecule has 0 saturated heterocycles. The molecule has 0 aromatic heterocycles. The average Bonchev–Trinajstić information content (AvgIpc) is 2.30. The molecule has 0 aliphatic heterocycles. The molecule has 0 radical (unpaired) electrons. The first-order valence-electron chi connectivity index (χ1n) is 5.93. The van der Waals surface area contributed by atoms with Gasteiger partial charge in [0, 0.05) is 32.2 Å². The summed E-state index contributed by atoms with van der Waals surface area (Å²) in [6.07, 6.45) is 0.215. The van der Waals surface area contributed by atoms with Crippen molar-refractivity contribution >= 4 is 23.3 Å². The van der Waals surface area contributed by atoms with Crippen molar-refractivity contribution in [1.29, 1.82) is 0 Å². The molecule has 0 spiro atoms. The monoisotopic (exact) mass is 257 g/mol. The summed E-state index contributed by atoms with van der Waals surface area (Å²) in [4.78, 5) is 43.5. The van der Waals surface area contributed by atoms with Crippen LogP contribution in [-0.4, -0.2) is 41.5 Å². The lowest BCUT2D eigenvalue weighted by atomic mass is 10.1.